The first-order valence-electron chi connectivity index (χ1n) is 15.2. The third kappa shape index (κ3) is 12.5. The number of allylic oxidation sites excluding steroid dienone is 3. The van der Waals surface area contributed by atoms with Crippen LogP contribution in [0.3, 0.4) is 0 Å². The molecule has 0 N–H and O–H groups in total. The van der Waals surface area contributed by atoms with E-state index in [2.05, 4.69) is 68.1 Å². The molecule has 0 bridgehead atoms. The molecule has 0 saturated heterocycles. The lowest BCUT2D eigenvalue weighted by Gasteiger charge is -2.29. The molecule has 2 aromatic rings. The number of hydrogen-bond acceptors (Lipinski definition) is 4. The summed E-state index contributed by atoms with van der Waals surface area (Å²) in [5.41, 5.74) is 6.90. The Balaban J connectivity index is 0.000000726. The second-order valence-electron chi connectivity index (χ2n) is 11.1. The molecule has 0 aliphatic heterocycles. The molecule has 41 heavy (non-hydrogen) atoms. The van der Waals surface area contributed by atoms with E-state index in [-0.39, 0.29) is 11.6 Å². The summed E-state index contributed by atoms with van der Waals surface area (Å²) in [5, 5.41) is 4.32. The minimum Gasteiger partial charge on any atom is -0.299 e. The number of aliphatic imine (C=N–C) groups is 1. The zero-order valence-electron chi connectivity index (χ0n) is 28.3. The van der Waals surface area contributed by atoms with E-state index < -0.39 is 5.41 Å². The number of aromatic nitrogens is 2. The molecule has 0 spiro atoms. The number of hydrogen-bond donors (Lipinski definition) is 0. The summed E-state index contributed by atoms with van der Waals surface area (Å²) in [6.07, 6.45) is 10.7. The number of nitrogens with zero attached hydrogens (tertiary/aromatic N) is 3. The maximum atomic E-state index is 12.4. The highest BCUT2D eigenvalue weighted by atomic mass is 16.2. The van der Waals surface area contributed by atoms with Crippen LogP contribution in [0.5, 0.6) is 0 Å². The molecule has 1 aromatic heterocycles. The van der Waals surface area contributed by atoms with Gasteiger partial charge in [0.25, 0.3) is 0 Å². The predicted molar refractivity (Wildman–Crippen MR) is 178 cm³/mol. The monoisotopic (exact) mass is 563 g/mol. The number of ketones is 2. The molecule has 0 unspecified atom stereocenters. The molecule has 0 amide bonds. The van der Waals surface area contributed by atoms with Crippen LogP contribution in [-0.2, 0) is 35.9 Å². The van der Waals surface area contributed by atoms with Crippen molar-refractivity contribution in [2.75, 3.05) is 7.05 Å². The second-order valence-corrected chi connectivity index (χ2v) is 11.1. The van der Waals surface area contributed by atoms with Crippen LogP contribution in [0.25, 0.3) is 6.08 Å². The van der Waals surface area contributed by atoms with Crippen LogP contribution in [0.2, 0.25) is 0 Å². The number of rotatable bonds is 9. The third-order valence-electron chi connectivity index (χ3n) is 7.39. The van der Waals surface area contributed by atoms with E-state index >= 15 is 0 Å². The Kier molecular flexibility index (Phi) is 17.7. The summed E-state index contributed by atoms with van der Waals surface area (Å²) in [6.45, 7) is 21.6. The predicted octanol–water partition coefficient (Wildman–Crippen LogP) is 8.76. The number of carbonyl (C=O) groups is 2. The zero-order chi connectivity index (χ0) is 31.8. The van der Waals surface area contributed by atoms with Gasteiger partial charge in [-0.15, -0.1) is 0 Å². The zero-order valence-corrected chi connectivity index (χ0v) is 28.3. The van der Waals surface area contributed by atoms with Gasteiger partial charge in [0.1, 0.15) is 11.6 Å². The number of Topliss-reactive ketones (excluding diaryl/α,β-unsaturated/α-hetero) is 2. The van der Waals surface area contributed by atoms with Crippen LogP contribution >= 0.6 is 0 Å². The highest BCUT2D eigenvalue weighted by Crippen LogP contribution is 2.33. The van der Waals surface area contributed by atoms with E-state index in [1.807, 2.05) is 53.8 Å². The van der Waals surface area contributed by atoms with Crippen LogP contribution in [0.1, 0.15) is 110 Å². The Labute approximate surface area is 251 Å². The van der Waals surface area contributed by atoms with Gasteiger partial charge >= 0.3 is 0 Å². The Bertz CT molecular complexity index is 1180. The summed E-state index contributed by atoms with van der Waals surface area (Å²) in [4.78, 5) is 28.9. The first-order chi connectivity index (χ1) is 19.3. The summed E-state index contributed by atoms with van der Waals surface area (Å²) in [5.74, 6) is 0.667. The van der Waals surface area contributed by atoms with E-state index in [4.69, 9.17) is 0 Å². The van der Waals surface area contributed by atoms with Crippen molar-refractivity contribution in [1.82, 2.24) is 9.78 Å². The molecule has 5 nitrogen and oxygen atoms in total. The largest absolute Gasteiger partial charge is 0.299 e. The SMILES string of the molecule is CC.CCC(C)C.CCc1ccc2c(c1)C=CC2.CN=C(C)/C=C(\C)CC(Cc1cc(C)nn1C)(C(C)=O)C(C)=O. The van der Waals surface area contributed by atoms with Gasteiger partial charge in [-0.25, -0.2) is 0 Å². The molecule has 1 aliphatic rings. The second kappa shape index (κ2) is 19.1. The number of benzene rings is 1. The minimum absolute atomic E-state index is 0.109. The normalized spacial score (nSPS) is 12.4. The summed E-state index contributed by atoms with van der Waals surface area (Å²) >= 11 is 0. The van der Waals surface area contributed by atoms with Gasteiger partial charge in [0.05, 0.1) is 11.1 Å². The van der Waals surface area contributed by atoms with Crippen LogP contribution in [-0.4, -0.2) is 34.1 Å². The molecule has 1 aliphatic carbocycles. The van der Waals surface area contributed by atoms with E-state index in [1.165, 1.54) is 37.0 Å². The van der Waals surface area contributed by atoms with Crippen LogP contribution in [0, 0.1) is 18.3 Å². The Hall–Kier alpha value is -3.08. The van der Waals surface area contributed by atoms with E-state index in [9.17, 15) is 9.59 Å². The van der Waals surface area contributed by atoms with Crippen LogP contribution < -0.4 is 0 Å². The molecular formula is C36H57N3O2. The lowest BCUT2D eigenvalue weighted by molar-refractivity contribution is -0.138. The van der Waals surface area contributed by atoms with Gasteiger partial charge in [-0.3, -0.25) is 19.3 Å². The fourth-order valence-electron chi connectivity index (χ4n) is 4.41. The molecule has 1 aromatic carbocycles. The van der Waals surface area contributed by atoms with Crippen LogP contribution in [0.15, 0.2) is 47.0 Å². The third-order valence-corrected chi connectivity index (χ3v) is 7.39. The van der Waals surface area contributed by atoms with Crippen molar-refractivity contribution in [1.29, 1.82) is 0 Å². The molecule has 1 heterocycles. The smallest absolute Gasteiger partial charge is 0.144 e. The fraction of sp³-hybridized carbons (Fsp3) is 0.556. The van der Waals surface area contributed by atoms with Gasteiger partial charge in [0, 0.05) is 31.9 Å². The average Bonchev–Trinajstić information content (AvgIpc) is 3.53. The molecule has 0 saturated carbocycles. The highest BCUT2D eigenvalue weighted by molar-refractivity contribution is 6.05. The van der Waals surface area contributed by atoms with Crippen molar-refractivity contribution in [3.05, 3.63) is 70.1 Å². The quantitative estimate of drug-likeness (QED) is 0.226. The van der Waals surface area contributed by atoms with E-state index in [1.54, 1.807) is 11.7 Å². The lowest BCUT2D eigenvalue weighted by atomic mass is 9.71. The highest BCUT2D eigenvalue weighted by Gasteiger charge is 2.41. The summed E-state index contributed by atoms with van der Waals surface area (Å²) < 4.78 is 1.74. The molecule has 5 heteroatoms. The summed E-state index contributed by atoms with van der Waals surface area (Å²) in [6, 6.07) is 8.69. The van der Waals surface area contributed by atoms with Crippen molar-refractivity contribution in [3.63, 3.8) is 0 Å². The standard InChI is InChI=1S/C18H27N3O2.C11H12.C5H12.C2H6/c1-12(8-13(2)19-6)10-18(15(4)22,16(5)23)11-17-9-14(3)20-21(17)7;1-2-9-6-7-10-4-3-5-11(10)8-9;1-4-5(2)3;1-2/h8-9H,10-11H2,1-7H3;3,5-8H,2,4H2,1H3;5H,4H2,1-3H3;1-2H3/b12-8+,19-13?;;;. The van der Waals surface area contributed by atoms with Crippen molar-refractivity contribution in [2.24, 2.45) is 23.4 Å². The first-order valence-corrected chi connectivity index (χ1v) is 15.2. The van der Waals surface area contributed by atoms with Gasteiger partial charge in [-0.05, 0) is 88.6 Å². The van der Waals surface area contributed by atoms with E-state index in [0.29, 0.717) is 12.8 Å². The maximum Gasteiger partial charge on any atom is 0.144 e. The molecule has 0 atom stereocenters. The number of fused-ring (bicyclic) bond motifs is 1. The number of carbonyl (C=O) groups excluding carboxylic acids is 2. The van der Waals surface area contributed by atoms with Gasteiger partial charge in [-0.2, -0.15) is 5.10 Å². The average molecular weight is 564 g/mol. The first kappa shape index (κ1) is 37.9. The molecular weight excluding hydrogens is 506 g/mol. The topological polar surface area (TPSA) is 64.3 Å². The Morgan fingerprint density at radius 1 is 1.07 bits per heavy atom. The van der Waals surface area contributed by atoms with Crippen molar-refractivity contribution in [3.8, 4) is 0 Å². The number of aryl methyl sites for hydroxylation is 3. The van der Waals surface area contributed by atoms with Crippen molar-refractivity contribution >= 4 is 23.4 Å². The fourth-order valence-corrected chi connectivity index (χ4v) is 4.41. The lowest BCUT2D eigenvalue weighted by Crippen LogP contribution is -2.39. The Morgan fingerprint density at radius 2 is 1.66 bits per heavy atom. The Morgan fingerprint density at radius 3 is 2.10 bits per heavy atom. The molecule has 0 radical (unpaired) electrons. The van der Waals surface area contributed by atoms with Crippen LogP contribution in [0.4, 0.5) is 0 Å². The van der Waals surface area contributed by atoms with Crippen molar-refractivity contribution < 1.29 is 9.59 Å². The molecule has 228 valence electrons. The van der Waals surface area contributed by atoms with Gasteiger partial charge in [0.15, 0.2) is 0 Å². The molecule has 0 fully saturated rings. The van der Waals surface area contributed by atoms with E-state index in [0.717, 1.165) is 41.4 Å². The van der Waals surface area contributed by atoms with Gasteiger partial charge < -0.3 is 0 Å². The van der Waals surface area contributed by atoms with Gasteiger partial charge in [-0.1, -0.05) is 83.9 Å². The summed E-state index contributed by atoms with van der Waals surface area (Å²) in [7, 11) is 3.56. The minimum atomic E-state index is -1.05. The van der Waals surface area contributed by atoms with Gasteiger partial charge in [0.2, 0.25) is 0 Å². The maximum absolute atomic E-state index is 12.4. The van der Waals surface area contributed by atoms with Crippen molar-refractivity contribution in [2.45, 2.75) is 108 Å². The molecule has 3 rings (SSSR count).